The van der Waals surface area contributed by atoms with Crippen LogP contribution in [0.2, 0.25) is 0 Å². The van der Waals surface area contributed by atoms with E-state index in [9.17, 15) is 30.4 Å². The molecule has 0 saturated heterocycles. The van der Waals surface area contributed by atoms with Crippen LogP contribution >= 0.6 is 0 Å². The van der Waals surface area contributed by atoms with Gasteiger partial charge in [0.05, 0.1) is 23.2 Å². The zero-order chi connectivity index (χ0) is 23.3. The van der Waals surface area contributed by atoms with E-state index in [4.69, 9.17) is 0 Å². The lowest BCUT2D eigenvalue weighted by molar-refractivity contribution is -0.141. The molecule has 166 valence electrons. The third-order valence-electron chi connectivity index (χ3n) is 4.66. The van der Waals surface area contributed by atoms with Gasteiger partial charge in [-0.1, -0.05) is 6.92 Å². The second-order valence-electron chi connectivity index (χ2n) is 6.76. The van der Waals surface area contributed by atoms with Gasteiger partial charge in [0, 0.05) is 23.2 Å². The lowest BCUT2D eigenvalue weighted by Crippen LogP contribution is -2.13. The van der Waals surface area contributed by atoms with Crippen molar-refractivity contribution in [2.45, 2.75) is 18.0 Å². The van der Waals surface area contributed by atoms with Crippen molar-refractivity contribution in [3.8, 4) is 17.1 Å². The number of pyridine rings is 2. The van der Waals surface area contributed by atoms with E-state index in [0.717, 1.165) is 29.1 Å². The third kappa shape index (κ3) is 3.93. The Morgan fingerprint density at radius 1 is 1.00 bits per heavy atom. The number of aromatic nitrogens is 4. The topological polar surface area (TPSA) is 77.7 Å². The highest BCUT2D eigenvalue weighted by atomic mass is 32.2. The number of hydrogen-bond donors (Lipinski definition) is 0. The molecule has 3 aromatic heterocycles. The molecule has 0 saturated carbocycles. The van der Waals surface area contributed by atoms with Crippen LogP contribution in [0.1, 0.15) is 12.6 Å². The number of nitrogens with zero attached hydrogens (tertiary/aromatic N) is 4. The van der Waals surface area contributed by atoms with Gasteiger partial charge in [0.1, 0.15) is 22.2 Å². The zero-order valence-corrected chi connectivity index (χ0v) is 17.0. The molecular weight excluding hydrogens is 455 g/mol. The fraction of sp³-hybridized carbons (Fsp3) is 0.150. The Balaban J connectivity index is 2.01. The molecule has 0 aliphatic rings. The molecule has 6 nitrogen and oxygen atoms in total. The van der Waals surface area contributed by atoms with Crippen molar-refractivity contribution in [3.63, 3.8) is 0 Å². The van der Waals surface area contributed by atoms with E-state index in [2.05, 4.69) is 15.1 Å². The highest BCUT2D eigenvalue weighted by Gasteiger charge is 2.33. The van der Waals surface area contributed by atoms with E-state index in [-0.39, 0.29) is 38.6 Å². The number of hydrogen-bond acceptors (Lipinski definition) is 5. The van der Waals surface area contributed by atoms with E-state index >= 15 is 0 Å². The number of sulfone groups is 1. The van der Waals surface area contributed by atoms with Crippen LogP contribution in [0.4, 0.5) is 22.0 Å². The van der Waals surface area contributed by atoms with Crippen LogP contribution in [0.25, 0.3) is 28.0 Å². The predicted molar refractivity (Wildman–Crippen MR) is 105 cm³/mol. The molecule has 0 spiro atoms. The number of fused-ring (bicyclic) bond motifs is 1. The Morgan fingerprint density at radius 3 is 2.31 bits per heavy atom. The predicted octanol–water partition coefficient (Wildman–Crippen LogP) is 4.57. The summed E-state index contributed by atoms with van der Waals surface area (Å²) in [6.07, 6.45) is -2.57. The molecule has 1 aromatic carbocycles. The Labute approximate surface area is 178 Å². The van der Waals surface area contributed by atoms with E-state index in [1.54, 1.807) is 0 Å². The first-order chi connectivity index (χ1) is 15.0. The van der Waals surface area contributed by atoms with Gasteiger partial charge in [-0.25, -0.2) is 26.9 Å². The van der Waals surface area contributed by atoms with E-state index in [1.165, 1.54) is 25.3 Å². The van der Waals surface area contributed by atoms with E-state index in [0.29, 0.717) is 6.07 Å². The van der Waals surface area contributed by atoms with Crippen LogP contribution in [0.15, 0.2) is 53.7 Å². The summed E-state index contributed by atoms with van der Waals surface area (Å²) < 4.78 is 93.1. The minimum atomic E-state index is -4.74. The van der Waals surface area contributed by atoms with E-state index in [1.807, 2.05) is 0 Å². The fourth-order valence-corrected chi connectivity index (χ4v) is 4.09. The minimum absolute atomic E-state index is 0.00204. The standard InChI is InChI=1S/C20H13F5N4O2S/c1-2-32(30,31)17-4-3-15(11-5-13(21)7-14(22)6-11)28-19(17)29-16-8-18(20(23,24)25)26-9-12(16)10-27-29/h3-10H,2H2,1H3. The summed E-state index contributed by atoms with van der Waals surface area (Å²) in [5.74, 6) is -2.37. The fourth-order valence-electron chi connectivity index (χ4n) is 3.09. The van der Waals surface area contributed by atoms with Gasteiger partial charge in [-0.05, 0) is 30.3 Å². The maximum atomic E-state index is 13.7. The second kappa shape index (κ2) is 7.62. The molecule has 0 N–H and O–H groups in total. The quantitative estimate of drug-likeness (QED) is 0.410. The first kappa shape index (κ1) is 21.8. The molecule has 0 radical (unpaired) electrons. The second-order valence-corrected chi connectivity index (χ2v) is 9.01. The average Bonchev–Trinajstić information content (AvgIpc) is 3.15. The monoisotopic (exact) mass is 468 g/mol. The van der Waals surface area contributed by atoms with Crippen LogP contribution in [-0.2, 0) is 16.0 Å². The van der Waals surface area contributed by atoms with Gasteiger partial charge in [0.2, 0.25) is 0 Å². The Morgan fingerprint density at radius 2 is 1.69 bits per heavy atom. The van der Waals surface area contributed by atoms with Gasteiger partial charge >= 0.3 is 6.18 Å². The van der Waals surface area contributed by atoms with Gasteiger partial charge in [0.15, 0.2) is 15.7 Å². The summed E-state index contributed by atoms with van der Waals surface area (Å²) in [6, 6.07) is 5.81. The molecule has 0 fully saturated rings. The lowest BCUT2D eigenvalue weighted by atomic mass is 10.1. The van der Waals surface area contributed by atoms with Crippen LogP contribution in [0.5, 0.6) is 0 Å². The first-order valence-electron chi connectivity index (χ1n) is 9.11. The molecule has 0 bridgehead atoms. The van der Waals surface area contributed by atoms with Crippen LogP contribution in [-0.4, -0.2) is 33.9 Å². The smallest absolute Gasteiger partial charge is 0.251 e. The molecular formula is C20H13F5N4O2S. The minimum Gasteiger partial charge on any atom is -0.251 e. The summed E-state index contributed by atoms with van der Waals surface area (Å²) in [5, 5.41) is 4.21. The summed E-state index contributed by atoms with van der Waals surface area (Å²) >= 11 is 0. The lowest BCUT2D eigenvalue weighted by Gasteiger charge is -2.13. The average molecular weight is 468 g/mol. The highest BCUT2D eigenvalue weighted by molar-refractivity contribution is 7.91. The third-order valence-corrected chi connectivity index (χ3v) is 6.41. The summed E-state index contributed by atoms with van der Waals surface area (Å²) in [6.45, 7) is 1.39. The van der Waals surface area contributed by atoms with Crippen LogP contribution in [0, 0.1) is 11.6 Å². The van der Waals surface area contributed by atoms with E-state index < -0.39 is 33.3 Å². The molecule has 0 aliphatic heterocycles. The Hall–Kier alpha value is -3.41. The van der Waals surface area contributed by atoms with Gasteiger partial charge in [-0.2, -0.15) is 18.3 Å². The molecule has 3 heterocycles. The number of alkyl halides is 3. The zero-order valence-electron chi connectivity index (χ0n) is 16.2. The number of halogens is 5. The van der Waals surface area contributed by atoms with Crippen LogP contribution < -0.4 is 0 Å². The first-order valence-corrected chi connectivity index (χ1v) is 10.8. The van der Waals surface area contributed by atoms with Crippen molar-refractivity contribution >= 4 is 20.7 Å². The van der Waals surface area contributed by atoms with Gasteiger partial charge < -0.3 is 0 Å². The van der Waals surface area contributed by atoms with Gasteiger partial charge in [-0.15, -0.1) is 0 Å². The maximum absolute atomic E-state index is 13.7. The molecule has 32 heavy (non-hydrogen) atoms. The molecule has 0 aliphatic carbocycles. The van der Waals surface area contributed by atoms with Crippen molar-refractivity contribution in [1.82, 2.24) is 19.7 Å². The van der Waals surface area contributed by atoms with Gasteiger partial charge in [-0.3, -0.25) is 4.98 Å². The maximum Gasteiger partial charge on any atom is 0.433 e. The van der Waals surface area contributed by atoms with Crippen molar-refractivity contribution in [3.05, 3.63) is 66.1 Å². The molecule has 12 heteroatoms. The van der Waals surface area contributed by atoms with Crippen molar-refractivity contribution in [1.29, 1.82) is 0 Å². The van der Waals surface area contributed by atoms with Crippen LogP contribution in [0.3, 0.4) is 0 Å². The highest BCUT2D eigenvalue weighted by Crippen LogP contribution is 2.32. The molecule has 0 atom stereocenters. The summed E-state index contributed by atoms with van der Waals surface area (Å²) in [7, 11) is -3.89. The number of rotatable bonds is 4. The summed E-state index contributed by atoms with van der Waals surface area (Å²) in [4.78, 5) is 7.27. The SMILES string of the molecule is CCS(=O)(=O)c1ccc(-c2cc(F)cc(F)c2)nc1-n1ncc2cnc(C(F)(F)F)cc21. The normalized spacial score (nSPS) is 12.4. The molecule has 0 unspecified atom stereocenters. The van der Waals surface area contributed by atoms with Crippen molar-refractivity contribution in [2.75, 3.05) is 5.75 Å². The Kier molecular flexibility index (Phi) is 5.19. The summed E-state index contributed by atoms with van der Waals surface area (Å²) in [5.41, 5.74) is -1.27. The van der Waals surface area contributed by atoms with Crippen molar-refractivity contribution in [2.24, 2.45) is 0 Å². The Bertz CT molecular complexity index is 1430. The van der Waals surface area contributed by atoms with Gasteiger partial charge in [0.25, 0.3) is 0 Å². The molecule has 4 aromatic rings. The molecule has 0 amide bonds. The number of benzene rings is 1. The molecule has 4 rings (SSSR count). The van der Waals surface area contributed by atoms with Crippen molar-refractivity contribution < 1.29 is 30.4 Å². The largest absolute Gasteiger partial charge is 0.433 e.